The van der Waals surface area contributed by atoms with E-state index >= 15 is 0 Å². The van der Waals surface area contributed by atoms with Crippen molar-refractivity contribution in [2.24, 2.45) is 0 Å². The first-order valence-corrected chi connectivity index (χ1v) is 7.58. The van der Waals surface area contributed by atoms with E-state index in [9.17, 15) is 3.07 Å². The molecular formula is C12H14IN3O. The van der Waals surface area contributed by atoms with Crippen LogP contribution in [0.4, 0.5) is 0 Å². The highest BCUT2D eigenvalue weighted by molar-refractivity contribution is 14.1. The van der Waals surface area contributed by atoms with Crippen molar-refractivity contribution in [2.45, 2.75) is 26.2 Å². The van der Waals surface area contributed by atoms with Gasteiger partial charge in [-0.2, -0.15) is 0 Å². The number of nitrogens with zero attached hydrogens (tertiary/aromatic N) is 3. The normalized spacial score (nSPS) is 10.6. The fourth-order valence-corrected chi connectivity index (χ4v) is 2.20. The third kappa shape index (κ3) is 3.18. The Morgan fingerprint density at radius 2 is 2.06 bits per heavy atom. The molecule has 0 radical (unpaired) electrons. The second kappa shape index (κ2) is 6.00. The second-order valence-corrected chi connectivity index (χ2v) is 5.50. The Balaban J connectivity index is 2.15. The van der Waals surface area contributed by atoms with E-state index in [1.807, 2.05) is 30.5 Å². The minimum Gasteiger partial charge on any atom is -0.265 e. The molecule has 90 valence electrons. The molecule has 2 rings (SSSR count). The lowest BCUT2D eigenvalue weighted by molar-refractivity contribution is 0.648. The molecule has 1 aromatic carbocycles. The molecule has 0 bridgehead atoms. The highest BCUT2D eigenvalue weighted by Gasteiger charge is 2.02. The summed E-state index contributed by atoms with van der Waals surface area (Å²) in [7, 11) is 0. The van der Waals surface area contributed by atoms with E-state index in [1.54, 1.807) is 4.68 Å². The average Bonchev–Trinajstić information content (AvgIpc) is 2.85. The number of hydrogen-bond acceptors (Lipinski definition) is 3. The summed E-state index contributed by atoms with van der Waals surface area (Å²) in [4.78, 5) is 0. The molecule has 0 saturated heterocycles. The second-order valence-electron chi connectivity index (χ2n) is 3.81. The van der Waals surface area contributed by atoms with Crippen molar-refractivity contribution in [3.8, 4) is 5.69 Å². The highest BCUT2D eigenvalue weighted by atomic mass is 127. The SMILES string of the molecule is CCCCc1cn(-c2ccc(I=O)cc2)nn1. The number of aromatic nitrogens is 3. The van der Waals surface area contributed by atoms with Gasteiger partial charge in [0.25, 0.3) is 0 Å². The van der Waals surface area contributed by atoms with Gasteiger partial charge in [0.05, 0.1) is 17.6 Å². The maximum atomic E-state index is 10.8. The van der Waals surface area contributed by atoms with Crippen molar-refractivity contribution in [3.63, 3.8) is 0 Å². The zero-order valence-electron chi connectivity index (χ0n) is 9.64. The van der Waals surface area contributed by atoms with Crippen molar-refractivity contribution in [3.05, 3.63) is 39.7 Å². The predicted molar refractivity (Wildman–Crippen MR) is 73.4 cm³/mol. The van der Waals surface area contributed by atoms with Gasteiger partial charge >= 0.3 is 0 Å². The van der Waals surface area contributed by atoms with Crippen molar-refractivity contribution < 1.29 is 3.07 Å². The van der Waals surface area contributed by atoms with Crippen LogP contribution in [-0.4, -0.2) is 15.0 Å². The maximum Gasteiger partial charge on any atom is 0.182 e. The molecule has 2 aromatic rings. The fourth-order valence-electron chi connectivity index (χ4n) is 1.54. The van der Waals surface area contributed by atoms with E-state index < -0.39 is 21.2 Å². The number of aryl methyl sites for hydroxylation is 1. The molecule has 0 unspecified atom stereocenters. The number of rotatable bonds is 5. The third-order valence-electron chi connectivity index (χ3n) is 2.51. The molecule has 1 aromatic heterocycles. The van der Waals surface area contributed by atoms with Crippen LogP contribution in [0.2, 0.25) is 0 Å². The van der Waals surface area contributed by atoms with Gasteiger partial charge in [-0.25, -0.2) is 4.68 Å². The van der Waals surface area contributed by atoms with E-state index in [2.05, 4.69) is 17.2 Å². The van der Waals surface area contributed by atoms with E-state index in [-0.39, 0.29) is 0 Å². The molecule has 0 fully saturated rings. The molecule has 17 heavy (non-hydrogen) atoms. The lowest BCUT2D eigenvalue weighted by atomic mass is 10.2. The third-order valence-corrected chi connectivity index (χ3v) is 3.74. The molecule has 4 nitrogen and oxygen atoms in total. The Morgan fingerprint density at radius 3 is 2.71 bits per heavy atom. The molecular weight excluding hydrogens is 329 g/mol. The Kier molecular flexibility index (Phi) is 4.36. The molecule has 5 heteroatoms. The monoisotopic (exact) mass is 343 g/mol. The molecule has 0 atom stereocenters. The van der Waals surface area contributed by atoms with Crippen molar-refractivity contribution in [1.82, 2.24) is 15.0 Å². The smallest absolute Gasteiger partial charge is 0.182 e. The van der Waals surface area contributed by atoms with Crippen LogP contribution >= 0.6 is 21.2 Å². The molecule has 0 amide bonds. The maximum absolute atomic E-state index is 10.8. The summed E-state index contributed by atoms with van der Waals surface area (Å²) < 4.78 is 13.4. The predicted octanol–water partition coefficient (Wildman–Crippen LogP) is 3.10. The van der Waals surface area contributed by atoms with Crippen LogP contribution < -0.4 is 0 Å². The van der Waals surface area contributed by atoms with Crippen molar-refractivity contribution in [2.75, 3.05) is 0 Å². The van der Waals surface area contributed by atoms with Crippen LogP contribution in [0, 0.1) is 3.57 Å². The first-order valence-electron chi connectivity index (χ1n) is 5.62. The first-order chi connectivity index (χ1) is 8.33. The van der Waals surface area contributed by atoms with Gasteiger partial charge in [-0.1, -0.05) is 18.6 Å². The molecule has 0 spiro atoms. The Labute approximate surface area is 111 Å². The molecule has 0 aliphatic heterocycles. The van der Waals surface area contributed by atoms with Crippen LogP contribution in [-0.2, 0) is 9.49 Å². The minimum absolute atomic E-state index is 0.902. The van der Waals surface area contributed by atoms with Gasteiger partial charge in [-0.3, -0.25) is 3.07 Å². The van der Waals surface area contributed by atoms with Crippen LogP contribution in [0.3, 0.4) is 0 Å². The molecule has 0 saturated carbocycles. The first kappa shape index (κ1) is 12.3. The Bertz CT molecular complexity index is 493. The zero-order chi connectivity index (χ0) is 12.1. The summed E-state index contributed by atoms with van der Waals surface area (Å²) in [6, 6.07) is 7.60. The van der Waals surface area contributed by atoms with Gasteiger partial charge < -0.3 is 0 Å². The highest BCUT2D eigenvalue weighted by Crippen LogP contribution is 2.13. The molecule has 0 N–H and O–H groups in total. The van der Waals surface area contributed by atoms with E-state index in [1.165, 1.54) is 0 Å². The summed E-state index contributed by atoms with van der Waals surface area (Å²) in [5.41, 5.74) is 1.98. The quantitative estimate of drug-likeness (QED) is 0.784. The van der Waals surface area contributed by atoms with E-state index in [0.717, 1.165) is 34.2 Å². The van der Waals surface area contributed by atoms with Crippen LogP contribution in [0.25, 0.3) is 5.69 Å². The molecule has 0 aliphatic carbocycles. The van der Waals surface area contributed by atoms with Gasteiger partial charge in [-0.15, -0.1) is 5.10 Å². The topological polar surface area (TPSA) is 47.8 Å². The Morgan fingerprint density at radius 1 is 1.29 bits per heavy atom. The van der Waals surface area contributed by atoms with Crippen LogP contribution in [0.5, 0.6) is 0 Å². The van der Waals surface area contributed by atoms with E-state index in [0.29, 0.717) is 0 Å². The summed E-state index contributed by atoms with van der Waals surface area (Å²) in [5.74, 6) is 0. The molecule has 0 aliphatic rings. The van der Waals surface area contributed by atoms with Gasteiger partial charge in [-0.05, 0) is 37.1 Å². The summed E-state index contributed by atoms with van der Waals surface area (Å²) >= 11 is -1.07. The average molecular weight is 343 g/mol. The van der Waals surface area contributed by atoms with E-state index in [4.69, 9.17) is 0 Å². The minimum atomic E-state index is -1.07. The number of hydrogen-bond donors (Lipinski definition) is 0. The number of unbranched alkanes of at least 4 members (excludes halogenated alkanes) is 1. The van der Waals surface area contributed by atoms with Gasteiger partial charge in [0.2, 0.25) is 0 Å². The van der Waals surface area contributed by atoms with Crippen LogP contribution in [0.1, 0.15) is 25.5 Å². The lowest BCUT2D eigenvalue weighted by Crippen LogP contribution is -1.94. The van der Waals surface area contributed by atoms with Gasteiger partial charge in [0.1, 0.15) is 0 Å². The molecule has 1 heterocycles. The van der Waals surface area contributed by atoms with Gasteiger partial charge in [0.15, 0.2) is 21.2 Å². The van der Waals surface area contributed by atoms with Gasteiger partial charge in [0, 0.05) is 3.57 Å². The largest absolute Gasteiger partial charge is 0.265 e. The lowest BCUT2D eigenvalue weighted by Gasteiger charge is -1.98. The summed E-state index contributed by atoms with van der Waals surface area (Å²) in [6.07, 6.45) is 5.23. The van der Waals surface area contributed by atoms with Crippen molar-refractivity contribution in [1.29, 1.82) is 0 Å². The summed E-state index contributed by atoms with van der Waals surface area (Å²) in [6.45, 7) is 2.16. The van der Waals surface area contributed by atoms with Crippen molar-refractivity contribution >= 4 is 21.2 Å². The van der Waals surface area contributed by atoms with Crippen LogP contribution in [0.15, 0.2) is 30.5 Å². The fraction of sp³-hybridized carbons (Fsp3) is 0.333. The summed E-state index contributed by atoms with van der Waals surface area (Å²) in [5, 5.41) is 8.22. The number of benzene rings is 1. The number of halogens is 1. The Hall–Kier alpha value is -1.11. The standard InChI is InChI=1S/C12H14IN3O/c1-2-3-4-11-9-16(15-14-11)12-7-5-10(13-17)6-8-12/h5-9H,2-4H2,1H3. The zero-order valence-corrected chi connectivity index (χ0v) is 11.8.